The van der Waals surface area contributed by atoms with E-state index in [1.807, 2.05) is 12.1 Å². The molecule has 0 spiro atoms. The van der Waals surface area contributed by atoms with Crippen molar-refractivity contribution < 1.29 is 33.7 Å². The van der Waals surface area contributed by atoms with E-state index >= 15 is 0 Å². The van der Waals surface area contributed by atoms with Gasteiger partial charge in [-0.1, -0.05) is 0 Å². The third-order valence-electron chi connectivity index (χ3n) is 4.05. The zero-order chi connectivity index (χ0) is 22.3. The van der Waals surface area contributed by atoms with Gasteiger partial charge in [-0.05, 0) is 56.2 Å². The van der Waals surface area contributed by atoms with Crippen molar-refractivity contribution in [3.8, 4) is 16.2 Å². The van der Waals surface area contributed by atoms with Gasteiger partial charge in [-0.15, -0.1) is 11.3 Å². The summed E-state index contributed by atoms with van der Waals surface area (Å²) in [4.78, 5) is 36.8. The molecule has 2 N–H and O–H groups in total. The number of thiophene rings is 1. The summed E-state index contributed by atoms with van der Waals surface area (Å²) in [6.45, 7) is 5.08. The normalized spacial score (nSPS) is 10.1. The zero-order valence-electron chi connectivity index (χ0n) is 17.1. The highest BCUT2D eigenvalue weighted by Gasteiger charge is 2.24. The molecule has 1 heterocycles. The van der Waals surface area contributed by atoms with Crippen molar-refractivity contribution in [3.63, 3.8) is 0 Å². The first kappa shape index (κ1) is 23.0. The maximum absolute atomic E-state index is 12.1. The number of carboxylic acids is 1. The molecular weight excluding hydrogens is 410 g/mol. The molecule has 0 unspecified atom stereocenters. The van der Waals surface area contributed by atoms with Crippen molar-refractivity contribution >= 4 is 34.2 Å². The van der Waals surface area contributed by atoms with Crippen molar-refractivity contribution in [1.29, 1.82) is 0 Å². The van der Waals surface area contributed by atoms with Gasteiger partial charge in [0.25, 0.3) is 0 Å². The number of benzene rings is 1. The average molecular weight is 433 g/mol. The van der Waals surface area contributed by atoms with Crippen molar-refractivity contribution in [2.24, 2.45) is 0 Å². The van der Waals surface area contributed by atoms with Crippen LogP contribution in [0.4, 0.5) is 5.00 Å². The molecule has 0 aliphatic carbocycles. The molecule has 1 aromatic heterocycles. The van der Waals surface area contributed by atoms with E-state index in [-0.39, 0.29) is 29.4 Å². The van der Waals surface area contributed by atoms with E-state index in [0.717, 1.165) is 16.6 Å². The van der Waals surface area contributed by atoms with Gasteiger partial charge in [0.15, 0.2) is 5.57 Å². The van der Waals surface area contributed by atoms with Crippen LogP contribution in [0, 0.1) is 6.92 Å². The van der Waals surface area contributed by atoms with Crippen LogP contribution in [0.3, 0.4) is 0 Å². The second-order valence-electron chi connectivity index (χ2n) is 5.94. The topological polar surface area (TPSA) is 111 Å². The minimum Gasteiger partial charge on any atom is -0.497 e. The number of hydrogen-bond donors (Lipinski definition) is 2. The van der Waals surface area contributed by atoms with Crippen LogP contribution in [0.1, 0.15) is 29.8 Å². The second-order valence-corrected chi connectivity index (χ2v) is 6.96. The van der Waals surface area contributed by atoms with Crippen LogP contribution in [0.2, 0.25) is 0 Å². The Bertz CT molecular complexity index is 940. The molecule has 0 aliphatic heterocycles. The van der Waals surface area contributed by atoms with Crippen molar-refractivity contribution in [2.45, 2.75) is 20.8 Å². The van der Waals surface area contributed by atoms with Crippen LogP contribution in [0.25, 0.3) is 10.4 Å². The lowest BCUT2D eigenvalue weighted by molar-refractivity contribution is -0.146. The Morgan fingerprint density at radius 2 is 1.63 bits per heavy atom. The highest BCUT2D eigenvalue weighted by Crippen LogP contribution is 2.40. The minimum atomic E-state index is -1.13. The van der Waals surface area contributed by atoms with Crippen LogP contribution in [0.15, 0.2) is 36.0 Å². The highest BCUT2D eigenvalue weighted by molar-refractivity contribution is 7.20. The van der Waals surface area contributed by atoms with Gasteiger partial charge in [-0.25, -0.2) is 14.4 Å². The number of carbonyl (C=O) groups excluding carboxylic acids is 2. The Kier molecular flexibility index (Phi) is 7.99. The minimum absolute atomic E-state index is 0.0501. The van der Waals surface area contributed by atoms with Crippen molar-refractivity contribution in [2.75, 3.05) is 25.6 Å². The van der Waals surface area contributed by atoms with E-state index in [2.05, 4.69) is 5.32 Å². The Labute approximate surface area is 178 Å². The third-order valence-corrected chi connectivity index (χ3v) is 5.32. The molecular formula is C21H23NO7S. The van der Waals surface area contributed by atoms with E-state index in [1.54, 1.807) is 40.0 Å². The number of esters is 2. The van der Waals surface area contributed by atoms with Gasteiger partial charge in [0.05, 0.1) is 25.9 Å². The Balaban J connectivity index is 2.46. The molecule has 0 saturated heterocycles. The first-order chi connectivity index (χ1) is 14.3. The van der Waals surface area contributed by atoms with Gasteiger partial charge in [0.1, 0.15) is 10.8 Å². The summed E-state index contributed by atoms with van der Waals surface area (Å²) >= 11 is 1.19. The number of ether oxygens (including phenoxy) is 3. The van der Waals surface area contributed by atoms with E-state index < -0.39 is 17.9 Å². The molecule has 0 aliphatic rings. The van der Waals surface area contributed by atoms with Gasteiger partial charge in [-0.3, -0.25) is 0 Å². The van der Waals surface area contributed by atoms with E-state index in [4.69, 9.17) is 14.2 Å². The molecule has 9 heteroatoms. The summed E-state index contributed by atoms with van der Waals surface area (Å²) in [5.74, 6) is -2.16. The molecule has 1 aromatic carbocycles. The van der Waals surface area contributed by atoms with Crippen LogP contribution in [-0.4, -0.2) is 43.3 Å². The summed E-state index contributed by atoms with van der Waals surface area (Å²) < 4.78 is 14.9. The number of carbonyl (C=O) groups is 3. The van der Waals surface area contributed by atoms with Crippen LogP contribution < -0.4 is 10.1 Å². The van der Waals surface area contributed by atoms with E-state index in [9.17, 15) is 19.5 Å². The van der Waals surface area contributed by atoms with Gasteiger partial charge in [-0.2, -0.15) is 0 Å². The molecule has 0 amide bonds. The fraction of sp³-hybridized carbons (Fsp3) is 0.286. The average Bonchev–Trinajstić information content (AvgIpc) is 3.05. The van der Waals surface area contributed by atoms with Crippen molar-refractivity contribution in [3.05, 3.63) is 47.2 Å². The van der Waals surface area contributed by atoms with Gasteiger partial charge >= 0.3 is 17.9 Å². The smallest absolute Gasteiger partial charge is 0.347 e. The molecule has 30 heavy (non-hydrogen) atoms. The number of anilines is 1. The largest absolute Gasteiger partial charge is 0.497 e. The number of rotatable bonds is 9. The second kappa shape index (κ2) is 10.4. The molecule has 160 valence electrons. The van der Waals surface area contributed by atoms with Gasteiger partial charge in [0.2, 0.25) is 0 Å². The SMILES string of the molecule is CCOC(=O)C(=CNc1sc(-c2ccc(OC)cc2)c(C)c1C(=O)O)C(=O)OCC. The summed E-state index contributed by atoms with van der Waals surface area (Å²) in [7, 11) is 1.56. The highest BCUT2D eigenvalue weighted by atomic mass is 32.1. The lowest BCUT2D eigenvalue weighted by atomic mass is 10.1. The fourth-order valence-electron chi connectivity index (χ4n) is 2.65. The Hall–Kier alpha value is -3.33. The van der Waals surface area contributed by atoms with Gasteiger partial charge in [0, 0.05) is 11.1 Å². The molecule has 8 nitrogen and oxygen atoms in total. The predicted octanol–water partition coefficient (Wildman–Crippen LogP) is 3.85. The lowest BCUT2D eigenvalue weighted by Gasteiger charge is -2.07. The number of aromatic carboxylic acids is 1. The molecule has 0 bridgehead atoms. The summed E-state index contributed by atoms with van der Waals surface area (Å²) in [6, 6.07) is 7.21. The molecule has 2 rings (SSSR count). The maximum Gasteiger partial charge on any atom is 0.347 e. The first-order valence-corrected chi connectivity index (χ1v) is 9.97. The van der Waals surface area contributed by atoms with Crippen LogP contribution in [-0.2, 0) is 19.1 Å². The van der Waals surface area contributed by atoms with E-state index in [1.165, 1.54) is 11.3 Å². The number of hydrogen-bond acceptors (Lipinski definition) is 8. The van der Waals surface area contributed by atoms with Crippen LogP contribution in [0.5, 0.6) is 5.75 Å². The third kappa shape index (κ3) is 5.18. The quantitative estimate of drug-likeness (QED) is 0.265. The monoisotopic (exact) mass is 433 g/mol. The number of nitrogens with one attached hydrogen (secondary N) is 1. The lowest BCUT2D eigenvalue weighted by Crippen LogP contribution is -2.19. The number of carboxylic acid groups (broad SMARTS) is 1. The van der Waals surface area contributed by atoms with Crippen LogP contribution >= 0.6 is 11.3 Å². The summed E-state index contributed by atoms with van der Waals surface area (Å²) in [5.41, 5.74) is 1.07. The fourth-order valence-corrected chi connectivity index (χ4v) is 3.82. The van der Waals surface area contributed by atoms with Crippen molar-refractivity contribution in [1.82, 2.24) is 0 Å². The molecule has 2 aromatic rings. The summed E-state index contributed by atoms with van der Waals surface area (Å²) in [5, 5.41) is 12.7. The molecule has 0 atom stereocenters. The Morgan fingerprint density at radius 3 is 2.10 bits per heavy atom. The maximum atomic E-state index is 12.1. The zero-order valence-corrected chi connectivity index (χ0v) is 17.9. The molecule has 0 radical (unpaired) electrons. The molecule has 0 fully saturated rings. The van der Waals surface area contributed by atoms with Gasteiger partial charge < -0.3 is 24.6 Å². The molecule has 0 saturated carbocycles. The van der Waals surface area contributed by atoms with E-state index in [0.29, 0.717) is 11.3 Å². The Morgan fingerprint density at radius 1 is 1.07 bits per heavy atom. The number of methoxy groups -OCH3 is 1. The standard InChI is InChI=1S/C21H23NO7S/c1-5-28-20(25)15(21(26)29-6-2)11-22-18-16(19(23)24)12(3)17(30-18)13-7-9-14(27-4)10-8-13/h7-11,22H,5-6H2,1-4H3,(H,23,24). The summed E-state index contributed by atoms with van der Waals surface area (Å²) in [6.07, 6.45) is 1.12. The first-order valence-electron chi connectivity index (χ1n) is 9.16. The predicted molar refractivity (Wildman–Crippen MR) is 113 cm³/mol.